The molecule has 1 rings (SSSR count). The molecule has 0 bridgehead atoms. The molecule has 118 valence electrons. The molecule has 0 spiro atoms. The predicted octanol–water partition coefficient (Wildman–Crippen LogP) is 3.39. The number of esters is 1. The smallest absolute Gasteiger partial charge is 0.311 e. The van der Waals surface area contributed by atoms with Crippen LogP contribution in [0, 0.1) is 5.92 Å². The van der Waals surface area contributed by atoms with E-state index in [-0.39, 0.29) is 17.8 Å². The summed E-state index contributed by atoms with van der Waals surface area (Å²) in [6, 6.07) is 0. The van der Waals surface area contributed by atoms with Gasteiger partial charge in [0.15, 0.2) is 0 Å². The summed E-state index contributed by atoms with van der Waals surface area (Å²) in [5, 5.41) is 0. The lowest BCUT2D eigenvalue weighted by Crippen LogP contribution is -2.27. The molecule has 0 saturated carbocycles. The van der Waals surface area contributed by atoms with E-state index in [2.05, 4.69) is 13.8 Å². The lowest BCUT2D eigenvalue weighted by atomic mass is 10.1. The van der Waals surface area contributed by atoms with Crippen LogP contribution in [0.4, 0.5) is 0 Å². The molecule has 0 aromatic heterocycles. The predicted molar refractivity (Wildman–Crippen MR) is 81.4 cm³/mol. The highest BCUT2D eigenvalue weighted by molar-refractivity contribution is 5.86. The van der Waals surface area contributed by atoms with Crippen molar-refractivity contribution in [3.8, 4) is 0 Å². The molecule has 0 aliphatic carbocycles. The largest absolute Gasteiger partial charge is 0.465 e. The Morgan fingerprint density at radius 3 is 2.45 bits per heavy atom. The first-order valence-corrected chi connectivity index (χ1v) is 8.13. The topological polar surface area (TPSA) is 46.6 Å². The van der Waals surface area contributed by atoms with Crippen molar-refractivity contribution >= 4 is 11.9 Å². The van der Waals surface area contributed by atoms with Crippen molar-refractivity contribution in [1.82, 2.24) is 4.90 Å². The Morgan fingerprint density at radius 2 is 1.85 bits per heavy atom. The Morgan fingerprint density at radius 1 is 1.20 bits per heavy atom. The van der Waals surface area contributed by atoms with Gasteiger partial charge in [0.25, 0.3) is 0 Å². The van der Waals surface area contributed by atoms with Gasteiger partial charge in [0.1, 0.15) is 0 Å². The van der Waals surface area contributed by atoms with E-state index in [1.54, 1.807) is 4.90 Å². The minimum absolute atomic E-state index is 0.101. The van der Waals surface area contributed by atoms with Gasteiger partial charge in [0.2, 0.25) is 5.91 Å². The zero-order valence-electron chi connectivity index (χ0n) is 13.6. The van der Waals surface area contributed by atoms with E-state index in [4.69, 9.17) is 4.74 Å². The summed E-state index contributed by atoms with van der Waals surface area (Å²) in [6.07, 6.45) is 5.55. The third-order valence-corrected chi connectivity index (χ3v) is 3.32. The Kier molecular flexibility index (Phi) is 11.1. The van der Waals surface area contributed by atoms with Gasteiger partial charge in [-0.15, -0.1) is 0 Å². The number of carbonyl (C=O) groups is 2. The van der Waals surface area contributed by atoms with Crippen LogP contribution in [0.25, 0.3) is 0 Å². The van der Waals surface area contributed by atoms with Crippen molar-refractivity contribution in [3.05, 3.63) is 0 Å². The molecule has 4 heteroatoms. The summed E-state index contributed by atoms with van der Waals surface area (Å²) >= 11 is 0. The van der Waals surface area contributed by atoms with Crippen LogP contribution in [-0.4, -0.2) is 36.5 Å². The SMILES string of the molecule is CC.CCCCCN1CC(C(=O)OCCCC)CC1=O. The molecule has 1 saturated heterocycles. The van der Waals surface area contributed by atoms with Gasteiger partial charge in [-0.3, -0.25) is 9.59 Å². The maximum Gasteiger partial charge on any atom is 0.311 e. The molecular weight excluding hydrogens is 254 g/mol. The number of rotatable bonds is 8. The molecular formula is C16H31NO3. The normalized spacial score (nSPS) is 17.7. The monoisotopic (exact) mass is 285 g/mol. The second-order valence-corrected chi connectivity index (χ2v) is 4.97. The van der Waals surface area contributed by atoms with E-state index in [1.807, 2.05) is 13.8 Å². The van der Waals surface area contributed by atoms with Crippen LogP contribution >= 0.6 is 0 Å². The molecule has 4 nitrogen and oxygen atoms in total. The van der Waals surface area contributed by atoms with Gasteiger partial charge in [0, 0.05) is 19.5 Å². The molecule has 1 aliphatic heterocycles. The van der Waals surface area contributed by atoms with E-state index in [9.17, 15) is 9.59 Å². The van der Waals surface area contributed by atoms with Gasteiger partial charge < -0.3 is 9.64 Å². The van der Waals surface area contributed by atoms with Gasteiger partial charge in [-0.2, -0.15) is 0 Å². The molecule has 1 atom stereocenters. The zero-order valence-corrected chi connectivity index (χ0v) is 13.6. The lowest BCUT2D eigenvalue weighted by molar-refractivity contribution is -0.148. The molecule has 1 amide bonds. The number of carbonyl (C=O) groups excluding carboxylic acids is 2. The Labute approximate surface area is 123 Å². The molecule has 1 unspecified atom stereocenters. The Balaban J connectivity index is 0.00000172. The van der Waals surface area contributed by atoms with Gasteiger partial charge in [-0.25, -0.2) is 0 Å². The fourth-order valence-electron chi connectivity index (χ4n) is 2.13. The van der Waals surface area contributed by atoms with Crippen molar-refractivity contribution in [3.63, 3.8) is 0 Å². The molecule has 0 radical (unpaired) electrons. The molecule has 0 aromatic rings. The van der Waals surface area contributed by atoms with Crippen molar-refractivity contribution < 1.29 is 14.3 Å². The first-order valence-electron chi connectivity index (χ1n) is 8.13. The summed E-state index contributed by atoms with van der Waals surface area (Å²) < 4.78 is 5.17. The Bertz CT molecular complexity index is 279. The Hall–Kier alpha value is -1.06. The quantitative estimate of drug-likeness (QED) is 0.507. The average molecular weight is 285 g/mol. The van der Waals surface area contributed by atoms with Crippen molar-refractivity contribution in [1.29, 1.82) is 0 Å². The fourth-order valence-corrected chi connectivity index (χ4v) is 2.13. The van der Waals surface area contributed by atoms with E-state index in [0.717, 1.165) is 38.6 Å². The maximum atomic E-state index is 11.7. The average Bonchev–Trinajstić information content (AvgIpc) is 2.83. The molecule has 20 heavy (non-hydrogen) atoms. The molecule has 0 aromatic carbocycles. The standard InChI is InChI=1S/C14H25NO3.C2H6/c1-3-5-7-8-15-11-12(10-13(15)16)14(17)18-9-6-4-2;1-2/h12H,3-11H2,1-2H3;1-2H3. The maximum absolute atomic E-state index is 11.7. The second-order valence-electron chi connectivity index (χ2n) is 4.97. The zero-order chi connectivity index (χ0) is 15.4. The van der Waals surface area contributed by atoms with Crippen LogP contribution in [0.1, 0.15) is 66.2 Å². The number of nitrogens with zero attached hydrogens (tertiary/aromatic N) is 1. The number of likely N-dealkylation sites (tertiary alicyclic amines) is 1. The highest BCUT2D eigenvalue weighted by Gasteiger charge is 2.34. The summed E-state index contributed by atoms with van der Waals surface area (Å²) in [5.74, 6) is -0.339. The van der Waals surface area contributed by atoms with Gasteiger partial charge in [-0.05, 0) is 12.8 Å². The molecule has 1 heterocycles. The fraction of sp³-hybridized carbons (Fsp3) is 0.875. The van der Waals surface area contributed by atoms with Crippen LogP contribution in [-0.2, 0) is 14.3 Å². The number of amides is 1. The second kappa shape index (κ2) is 11.7. The minimum atomic E-state index is -0.240. The van der Waals surface area contributed by atoms with Crippen LogP contribution in [0.3, 0.4) is 0 Å². The first-order chi connectivity index (χ1) is 9.69. The van der Waals surface area contributed by atoms with Gasteiger partial charge in [-0.1, -0.05) is 47.0 Å². The first kappa shape index (κ1) is 18.9. The van der Waals surface area contributed by atoms with E-state index in [0.29, 0.717) is 19.6 Å². The number of hydrogen-bond acceptors (Lipinski definition) is 3. The summed E-state index contributed by atoms with van der Waals surface area (Å²) in [6.45, 7) is 10.0. The lowest BCUT2D eigenvalue weighted by Gasteiger charge is -2.15. The molecule has 0 N–H and O–H groups in total. The molecule has 1 fully saturated rings. The summed E-state index contributed by atoms with van der Waals surface area (Å²) in [7, 11) is 0. The highest BCUT2D eigenvalue weighted by Crippen LogP contribution is 2.19. The van der Waals surface area contributed by atoms with E-state index in [1.165, 1.54) is 0 Å². The van der Waals surface area contributed by atoms with Crippen molar-refractivity contribution in [2.45, 2.75) is 66.2 Å². The van der Waals surface area contributed by atoms with E-state index >= 15 is 0 Å². The number of ether oxygens (including phenoxy) is 1. The van der Waals surface area contributed by atoms with Crippen LogP contribution in [0.15, 0.2) is 0 Å². The highest BCUT2D eigenvalue weighted by atomic mass is 16.5. The summed E-state index contributed by atoms with van der Waals surface area (Å²) in [4.78, 5) is 25.3. The minimum Gasteiger partial charge on any atom is -0.465 e. The van der Waals surface area contributed by atoms with Crippen LogP contribution < -0.4 is 0 Å². The van der Waals surface area contributed by atoms with Crippen molar-refractivity contribution in [2.75, 3.05) is 19.7 Å². The van der Waals surface area contributed by atoms with Crippen LogP contribution in [0.2, 0.25) is 0 Å². The van der Waals surface area contributed by atoms with Crippen LogP contribution in [0.5, 0.6) is 0 Å². The van der Waals surface area contributed by atoms with E-state index < -0.39 is 0 Å². The number of unbranched alkanes of at least 4 members (excludes halogenated alkanes) is 3. The third-order valence-electron chi connectivity index (χ3n) is 3.32. The van der Waals surface area contributed by atoms with Gasteiger partial charge in [0.05, 0.1) is 12.5 Å². The van der Waals surface area contributed by atoms with Gasteiger partial charge >= 0.3 is 5.97 Å². The number of hydrogen-bond donors (Lipinski definition) is 0. The van der Waals surface area contributed by atoms with Crippen molar-refractivity contribution in [2.24, 2.45) is 5.92 Å². The summed E-state index contributed by atoms with van der Waals surface area (Å²) in [5.41, 5.74) is 0. The third kappa shape index (κ3) is 6.92. The molecule has 1 aliphatic rings.